The van der Waals surface area contributed by atoms with E-state index in [4.69, 9.17) is 11.5 Å². The van der Waals surface area contributed by atoms with E-state index in [-0.39, 0.29) is 37.3 Å². The lowest BCUT2D eigenvalue weighted by molar-refractivity contribution is -0.137. The summed E-state index contributed by atoms with van der Waals surface area (Å²) in [7, 11) is 2.02. The highest BCUT2D eigenvalue weighted by Crippen LogP contribution is 2.39. The number of benzene rings is 3. The minimum Gasteiger partial charge on any atom is -0.508 e. The van der Waals surface area contributed by atoms with Gasteiger partial charge in [-0.25, -0.2) is 0 Å². The number of amides is 8. The average Bonchev–Trinajstić information content (AvgIpc) is 3.80. The van der Waals surface area contributed by atoms with E-state index in [9.17, 15) is 53.7 Å². The second-order valence-electron chi connectivity index (χ2n) is 19.6. The van der Waals surface area contributed by atoms with Crippen molar-refractivity contribution in [1.82, 2.24) is 47.5 Å². The van der Waals surface area contributed by atoms with E-state index in [0.717, 1.165) is 43.6 Å². The van der Waals surface area contributed by atoms with Gasteiger partial charge in [0, 0.05) is 47.0 Å². The van der Waals surface area contributed by atoms with Crippen molar-refractivity contribution in [3.05, 3.63) is 101 Å². The van der Waals surface area contributed by atoms with Crippen LogP contribution in [-0.2, 0) is 64.2 Å². The second-order valence-corrected chi connectivity index (χ2v) is 22.6. The lowest BCUT2D eigenvalue weighted by Gasteiger charge is -2.36. The molecule has 1 fully saturated rings. The molecule has 0 unspecified atom stereocenters. The molecule has 8 amide bonds. The van der Waals surface area contributed by atoms with Crippen molar-refractivity contribution in [2.24, 2.45) is 11.5 Å². The van der Waals surface area contributed by atoms with Crippen molar-refractivity contribution in [1.29, 1.82) is 0 Å². The van der Waals surface area contributed by atoms with Gasteiger partial charge in [0.05, 0.1) is 18.2 Å². The summed E-state index contributed by atoms with van der Waals surface area (Å²) >= 11 is 0. The zero-order valence-electron chi connectivity index (χ0n) is 42.7. The number of carbonyl (C=O) groups is 8. The Morgan fingerprint density at radius 2 is 1.39 bits per heavy atom. The van der Waals surface area contributed by atoms with Crippen LogP contribution in [0, 0.1) is 0 Å². The fourth-order valence-corrected chi connectivity index (χ4v) is 11.7. The van der Waals surface area contributed by atoms with Crippen molar-refractivity contribution in [3.8, 4) is 5.75 Å². The van der Waals surface area contributed by atoms with E-state index < -0.39 is 113 Å². The van der Waals surface area contributed by atoms with Crippen LogP contribution in [0.4, 0.5) is 0 Å². The van der Waals surface area contributed by atoms with Crippen LogP contribution in [0.1, 0.15) is 69.2 Å². The Kier molecular flexibility index (Phi) is 20.7. The predicted octanol–water partition coefficient (Wildman–Crippen LogP) is -0.684. The van der Waals surface area contributed by atoms with Gasteiger partial charge in [-0.2, -0.15) is 0 Å². The quantitative estimate of drug-likeness (QED) is 0.0518. The van der Waals surface area contributed by atoms with E-state index in [1.807, 2.05) is 42.5 Å². The third kappa shape index (κ3) is 15.7. The summed E-state index contributed by atoms with van der Waals surface area (Å²) in [6.07, 6.45) is -0.616. The first-order valence-electron chi connectivity index (χ1n) is 25.1. The van der Waals surface area contributed by atoms with Crippen molar-refractivity contribution >= 4 is 79.7 Å². The van der Waals surface area contributed by atoms with E-state index >= 15 is 0 Å². The summed E-state index contributed by atoms with van der Waals surface area (Å²) in [5, 5.41) is 54.3. The van der Waals surface area contributed by atoms with Gasteiger partial charge in [0.15, 0.2) is 0 Å². The molecule has 6 rings (SSSR count). The summed E-state index contributed by atoms with van der Waals surface area (Å²) in [6, 6.07) is 9.53. The fourth-order valence-electron chi connectivity index (χ4n) is 8.89. The molecule has 0 saturated carbocycles. The standard InChI is InChI=1S/C52H69N11O11S2/c1-27(64)41(44(54)67)61-51(74)43-52(3,4)76-75-26-40(60-46(69)37-22-30-11-5-6-12-31(30)24-56-37)49(72)58-38(21-29-16-18-33(66)19-17-29)47(70)59-39(23-32-25-55-35-14-8-7-13-34(32)35)48(71)57-36(15-9-10-20-53)45(68)62-42(28(2)65)50(73)63-43/h5-8,11-14,16-19,25,27-28,36-43,55-56,64-66H,9-10,15,20-24,26,53H2,1-4H3,(H2,54,67)(H,57,71)(H,58,72)(H,59,70)(H,60,69)(H,61,74)(H,62,68)(H,63,73)/t27-,28-,36+,37-,38-,39+,40+,41+,42+,43-/m1/s1. The molecule has 2 aliphatic rings. The maximum Gasteiger partial charge on any atom is 0.245 e. The number of unbranched alkanes of at least 4 members (excludes halogenated alkanes) is 1. The molecule has 10 atom stereocenters. The van der Waals surface area contributed by atoms with Crippen LogP contribution in [0.5, 0.6) is 5.75 Å². The van der Waals surface area contributed by atoms with Gasteiger partial charge in [-0.3, -0.25) is 38.4 Å². The summed E-state index contributed by atoms with van der Waals surface area (Å²) in [5.74, 6) is -7.25. The number of aliphatic hydroxyl groups excluding tert-OH is 2. The van der Waals surface area contributed by atoms with Crippen LogP contribution in [0.25, 0.3) is 10.9 Å². The number of hydrogen-bond donors (Lipinski definition) is 14. The van der Waals surface area contributed by atoms with E-state index in [1.165, 1.54) is 26.0 Å². The molecule has 16 N–H and O–H groups in total. The van der Waals surface area contributed by atoms with Gasteiger partial charge in [-0.05, 0) is 100 Å². The number of nitrogens with one attached hydrogen (secondary N) is 9. The molecule has 24 heteroatoms. The van der Waals surface area contributed by atoms with Gasteiger partial charge < -0.3 is 74.3 Å². The topological polar surface area (TPSA) is 361 Å². The average molecular weight is 1090 g/mol. The van der Waals surface area contributed by atoms with Crippen molar-refractivity contribution in [2.45, 2.75) is 138 Å². The molecule has 76 heavy (non-hydrogen) atoms. The summed E-state index contributed by atoms with van der Waals surface area (Å²) in [5.41, 5.74) is 15.2. The Morgan fingerprint density at radius 1 is 0.763 bits per heavy atom. The molecule has 1 aromatic heterocycles. The first kappa shape index (κ1) is 58.6. The zero-order valence-corrected chi connectivity index (χ0v) is 44.4. The number of aliphatic hydroxyl groups is 2. The molecule has 0 spiro atoms. The SMILES string of the molecule is C[C@@H](O)[C@H](NC(=O)[C@H]1NC(=O)[C@H]([C@@H](C)O)NC(=O)[C@H](CCCCN)NC(=O)[C@H](Cc2c[nH]c3ccccc23)NC(=O)[C@@H](Cc2ccc(O)cc2)NC(=O)[C@@H](NC(=O)[C@H]2Cc3ccccc3CN2)CSSC1(C)C)C(N)=O. The summed E-state index contributed by atoms with van der Waals surface area (Å²) in [6.45, 7) is 6.19. The number of fused-ring (bicyclic) bond motifs is 2. The fraction of sp³-hybridized carbons (Fsp3) is 0.462. The molecular formula is C52H69N11O11S2. The number of H-pyrrole nitrogens is 1. The maximum atomic E-state index is 14.9. The molecule has 2 aliphatic heterocycles. The van der Waals surface area contributed by atoms with E-state index in [2.05, 4.69) is 47.5 Å². The molecule has 3 heterocycles. The number of carbonyl (C=O) groups excluding carboxylic acids is 8. The number of primary amides is 1. The van der Waals surface area contributed by atoms with Crippen LogP contribution in [0.15, 0.2) is 79.0 Å². The monoisotopic (exact) mass is 1090 g/mol. The molecule has 0 aliphatic carbocycles. The third-order valence-corrected chi connectivity index (χ3v) is 16.6. The maximum absolute atomic E-state index is 14.9. The van der Waals surface area contributed by atoms with Gasteiger partial charge in [0.2, 0.25) is 47.3 Å². The van der Waals surface area contributed by atoms with Gasteiger partial charge >= 0.3 is 0 Å². The van der Waals surface area contributed by atoms with Gasteiger partial charge in [0.25, 0.3) is 0 Å². The molecule has 410 valence electrons. The van der Waals surface area contributed by atoms with Crippen LogP contribution < -0.4 is 54.0 Å². The Labute approximate surface area is 448 Å². The molecule has 1 saturated heterocycles. The van der Waals surface area contributed by atoms with E-state index in [1.54, 1.807) is 38.2 Å². The lowest BCUT2D eigenvalue weighted by atomic mass is 9.95. The van der Waals surface area contributed by atoms with Crippen LogP contribution in [0.3, 0.4) is 0 Å². The van der Waals surface area contributed by atoms with E-state index in [0.29, 0.717) is 36.9 Å². The second kappa shape index (κ2) is 26.9. The molecule has 22 nitrogen and oxygen atoms in total. The number of nitrogens with two attached hydrogens (primary N) is 2. The van der Waals surface area contributed by atoms with Gasteiger partial charge in [0.1, 0.15) is 48.0 Å². The Hall–Kier alpha value is -6.70. The Bertz CT molecular complexity index is 2720. The summed E-state index contributed by atoms with van der Waals surface area (Å²) < 4.78 is -1.40. The number of aromatic amines is 1. The van der Waals surface area contributed by atoms with Crippen molar-refractivity contribution in [2.75, 3.05) is 12.3 Å². The van der Waals surface area contributed by atoms with Crippen LogP contribution in [-0.4, -0.2) is 145 Å². The lowest BCUT2D eigenvalue weighted by Crippen LogP contribution is -2.65. The highest BCUT2D eigenvalue weighted by Gasteiger charge is 2.43. The number of para-hydroxylation sites is 1. The number of phenolic OH excluding ortho intramolecular Hbond substituents is 1. The number of hydrogen-bond acceptors (Lipinski definition) is 15. The van der Waals surface area contributed by atoms with Crippen LogP contribution in [0.2, 0.25) is 0 Å². The Balaban J connectivity index is 1.43. The first-order chi connectivity index (χ1) is 36.1. The van der Waals surface area contributed by atoms with Crippen molar-refractivity contribution < 1.29 is 53.7 Å². The molecule has 4 aromatic rings. The highest BCUT2D eigenvalue weighted by molar-refractivity contribution is 8.77. The van der Waals surface area contributed by atoms with Crippen LogP contribution >= 0.6 is 21.6 Å². The third-order valence-electron chi connectivity index (χ3n) is 13.3. The number of phenols is 1. The number of aromatic nitrogens is 1. The minimum absolute atomic E-state index is 0.00796. The first-order valence-corrected chi connectivity index (χ1v) is 27.4. The molecule has 0 radical (unpaired) electrons. The van der Waals surface area contributed by atoms with Crippen molar-refractivity contribution in [3.63, 3.8) is 0 Å². The smallest absolute Gasteiger partial charge is 0.245 e. The molecule has 0 bridgehead atoms. The normalized spacial score (nSPS) is 24.2. The number of rotatable bonds is 15. The Morgan fingerprint density at radius 3 is 2.07 bits per heavy atom. The predicted molar refractivity (Wildman–Crippen MR) is 288 cm³/mol. The van der Waals surface area contributed by atoms with Gasteiger partial charge in [-0.15, -0.1) is 0 Å². The minimum atomic E-state index is -1.74. The summed E-state index contributed by atoms with van der Waals surface area (Å²) in [4.78, 5) is 117. The highest BCUT2D eigenvalue weighted by atomic mass is 33.1. The number of aromatic hydroxyl groups is 1. The van der Waals surface area contributed by atoms with Gasteiger partial charge in [-0.1, -0.05) is 76.2 Å². The molecular weight excluding hydrogens is 1020 g/mol. The largest absolute Gasteiger partial charge is 0.508 e. The zero-order chi connectivity index (χ0) is 55.3. The molecule has 3 aromatic carbocycles.